The molecule has 2 rings (SSSR count). The van der Waals surface area contributed by atoms with E-state index in [1.807, 2.05) is 13.0 Å². The Kier molecular flexibility index (Phi) is 3.93. The first-order chi connectivity index (χ1) is 9.40. The van der Waals surface area contributed by atoms with Gasteiger partial charge in [0.05, 0.1) is 6.20 Å². The number of carbonyl (C=O) groups excluding carboxylic acids is 1. The van der Waals surface area contributed by atoms with Gasteiger partial charge in [-0.3, -0.25) is 4.79 Å². The molecule has 2 aromatic heterocycles. The van der Waals surface area contributed by atoms with Crippen molar-refractivity contribution in [2.75, 3.05) is 6.54 Å². The fraction of sp³-hybridized carbons (Fsp3) is 0.417. The summed E-state index contributed by atoms with van der Waals surface area (Å²) in [6.07, 6.45) is -3.47. The van der Waals surface area contributed by atoms with Crippen molar-refractivity contribution in [3.8, 4) is 0 Å². The standard InChI is InChI=1S/C12H14F2N4O2/c1-6-3-7(2)18-11(17-6)8(4-16-18)12(20)15-5-9(19)10(13)14/h3-4,9-10,19H,5H2,1-2H3,(H,15,20). The van der Waals surface area contributed by atoms with E-state index < -0.39 is 25.0 Å². The third-order valence-corrected chi connectivity index (χ3v) is 2.79. The van der Waals surface area contributed by atoms with E-state index in [2.05, 4.69) is 15.4 Å². The minimum Gasteiger partial charge on any atom is -0.385 e. The molecule has 8 heteroatoms. The Balaban J connectivity index is 2.23. The highest BCUT2D eigenvalue weighted by molar-refractivity contribution is 5.99. The summed E-state index contributed by atoms with van der Waals surface area (Å²) >= 11 is 0. The number of fused-ring (bicyclic) bond motifs is 1. The lowest BCUT2D eigenvalue weighted by Gasteiger charge is -2.10. The summed E-state index contributed by atoms with van der Waals surface area (Å²) in [6.45, 7) is 3.07. The maximum atomic E-state index is 12.1. The number of nitrogens with one attached hydrogen (secondary N) is 1. The maximum Gasteiger partial charge on any atom is 0.265 e. The highest BCUT2D eigenvalue weighted by atomic mass is 19.3. The van der Waals surface area contributed by atoms with E-state index in [1.165, 1.54) is 10.7 Å². The van der Waals surface area contributed by atoms with Crippen LogP contribution in [0.1, 0.15) is 21.7 Å². The molecule has 0 saturated carbocycles. The van der Waals surface area contributed by atoms with Crippen molar-refractivity contribution >= 4 is 11.6 Å². The second kappa shape index (κ2) is 5.49. The molecule has 0 fully saturated rings. The van der Waals surface area contributed by atoms with Crippen LogP contribution in [0.5, 0.6) is 0 Å². The number of halogens is 2. The average molecular weight is 284 g/mol. The van der Waals surface area contributed by atoms with Gasteiger partial charge in [0.15, 0.2) is 5.65 Å². The first-order valence-electron chi connectivity index (χ1n) is 5.96. The third-order valence-electron chi connectivity index (χ3n) is 2.79. The highest BCUT2D eigenvalue weighted by Crippen LogP contribution is 2.11. The van der Waals surface area contributed by atoms with Gasteiger partial charge < -0.3 is 10.4 Å². The molecule has 0 aliphatic rings. The first-order valence-corrected chi connectivity index (χ1v) is 5.96. The molecule has 0 bridgehead atoms. The summed E-state index contributed by atoms with van der Waals surface area (Å²) in [6, 6.07) is 1.81. The molecule has 0 aliphatic carbocycles. The lowest BCUT2D eigenvalue weighted by molar-refractivity contribution is -0.00269. The van der Waals surface area contributed by atoms with Crippen molar-refractivity contribution < 1.29 is 18.7 Å². The number of nitrogens with zero attached hydrogens (tertiary/aromatic N) is 3. The molecule has 6 nitrogen and oxygen atoms in total. The Labute approximate surface area is 113 Å². The lowest BCUT2D eigenvalue weighted by atomic mass is 10.2. The van der Waals surface area contributed by atoms with Crippen molar-refractivity contribution in [1.29, 1.82) is 0 Å². The molecule has 1 unspecified atom stereocenters. The fourth-order valence-corrected chi connectivity index (χ4v) is 1.81. The topological polar surface area (TPSA) is 79.5 Å². The highest BCUT2D eigenvalue weighted by Gasteiger charge is 2.20. The second-order valence-electron chi connectivity index (χ2n) is 4.44. The largest absolute Gasteiger partial charge is 0.385 e. The zero-order valence-electron chi connectivity index (χ0n) is 11.0. The molecule has 0 saturated heterocycles. The lowest BCUT2D eigenvalue weighted by Crippen LogP contribution is -2.35. The number of amides is 1. The van der Waals surface area contributed by atoms with E-state index >= 15 is 0 Å². The molecule has 20 heavy (non-hydrogen) atoms. The van der Waals surface area contributed by atoms with Gasteiger partial charge >= 0.3 is 0 Å². The van der Waals surface area contributed by atoms with Crippen LogP contribution in [0.3, 0.4) is 0 Å². The van der Waals surface area contributed by atoms with Crippen molar-refractivity contribution in [1.82, 2.24) is 19.9 Å². The predicted octanol–water partition coefficient (Wildman–Crippen LogP) is 0.702. The van der Waals surface area contributed by atoms with Gasteiger partial charge in [-0.2, -0.15) is 5.10 Å². The molecule has 2 aromatic rings. The molecule has 0 aliphatic heterocycles. The van der Waals surface area contributed by atoms with Gasteiger partial charge in [0, 0.05) is 17.9 Å². The van der Waals surface area contributed by atoms with Gasteiger partial charge in [-0.25, -0.2) is 18.3 Å². The Morgan fingerprint density at radius 2 is 2.20 bits per heavy atom. The summed E-state index contributed by atoms with van der Waals surface area (Å²) in [5.74, 6) is -0.600. The molecule has 0 spiro atoms. The molecule has 1 amide bonds. The molecular weight excluding hydrogens is 270 g/mol. The fourth-order valence-electron chi connectivity index (χ4n) is 1.81. The monoisotopic (exact) mass is 284 g/mol. The summed E-state index contributed by atoms with van der Waals surface area (Å²) in [5, 5.41) is 15.2. The summed E-state index contributed by atoms with van der Waals surface area (Å²) in [7, 11) is 0. The zero-order valence-corrected chi connectivity index (χ0v) is 11.0. The number of aliphatic hydroxyl groups excluding tert-OH is 1. The summed E-state index contributed by atoms with van der Waals surface area (Å²) < 4.78 is 25.8. The van der Waals surface area contributed by atoms with E-state index in [0.29, 0.717) is 5.65 Å². The van der Waals surface area contributed by atoms with Crippen LogP contribution >= 0.6 is 0 Å². The van der Waals surface area contributed by atoms with Crippen LogP contribution in [0.2, 0.25) is 0 Å². The van der Waals surface area contributed by atoms with Crippen LogP contribution < -0.4 is 5.32 Å². The van der Waals surface area contributed by atoms with Crippen molar-refractivity contribution in [2.45, 2.75) is 26.4 Å². The van der Waals surface area contributed by atoms with Gasteiger partial charge in [0.2, 0.25) is 0 Å². The normalized spacial score (nSPS) is 12.9. The van der Waals surface area contributed by atoms with E-state index in [-0.39, 0.29) is 5.56 Å². The molecule has 0 radical (unpaired) electrons. The van der Waals surface area contributed by atoms with Gasteiger partial charge in [0.1, 0.15) is 11.7 Å². The van der Waals surface area contributed by atoms with Gasteiger partial charge in [-0.05, 0) is 19.9 Å². The van der Waals surface area contributed by atoms with Crippen molar-refractivity contribution in [3.05, 3.63) is 29.2 Å². The second-order valence-corrected chi connectivity index (χ2v) is 4.44. The quantitative estimate of drug-likeness (QED) is 0.866. The number of aromatic nitrogens is 3. The zero-order chi connectivity index (χ0) is 14.9. The van der Waals surface area contributed by atoms with Crippen molar-refractivity contribution in [2.24, 2.45) is 0 Å². The summed E-state index contributed by atoms with van der Waals surface area (Å²) in [5.41, 5.74) is 2.06. The van der Waals surface area contributed by atoms with Crippen LogP contribution in [0.25, 0.3) is 5.65 Å². The number of aryl methyl sites for hydroxylation is 2. The van der Waals surface area contributed by atoms with Crippen LogP contribution in [0.15, 0.2) is 12.3 Å². The molecular formula is C12H14F2N4O2. The number of aliphatic hydroxyl groups is 1. The minimum atomic E-state index is -2.90. The van der Waals surface area contributed by atoms with Crippen LogP contribution in [-0.4, -0.2) is 44.7 Å². The molecule has 2 N–H and O–H groups in total. The number of hydrogen-bond donors (Lipinski definition) is 2. The van der Waals surface area contributed by atoms with E-state index in [1.54, 1.807) is 6.92 Å². The third kappa shape index (κ3) is 2.74. The van der Waals surface area contributed by atoms with Gasteiger partial charge in [0.25, 0.3) is 12.3 Å². The Hall–Kier alpha value is -2.09. The maximum absolute atomic E-state index is 12.1. The number of rotatable bonds is 4. The van der Waals surface area contributed by atoms with Crippen molar-refractivity contribution in [3.63, 3.8) is 0 Å². The summed E-state index contributed by atoms with van der Waals surface area (Å²) in [4.78, 5) is 16.1. The number of carbonyl (C=O) groups is 1. The van der Waals surface area contributed by atoms with Gasteiger partial charge in [-0.1, -0.05) is 0 Å². The van der Waals surface area contributed by atoms with Crippen LogP contribution in [0, 0.1) is 13.8 Å². The number of hydrogen-bond acceptors (Lipinski definition) is 4. The van der Waals surface area contributed by atoms with Gasteiger partial charge in [-0.15, -0.1) is 0 Å². The first kappa shape index (κ1) is 14.3. The van der Waals surface area contributed by atoms with Crippen LogP contribution in [0.4, 0.5) is 8.78 Å². The van der Waals surface area contributed by atoms with Crippen LogP contribution in [-0.2, 0) is 0 Å². The molecule has 2 heterocycles. The molecule has 0 aromatic carbocycles. The molecule has 108 valence electrons. The Morgan fingerprint density at radius 3 is 2.85 bits per heavy atom. The van der Waals surface area contributed by atoms with E-state index in [0.717, 1.165) is 11.4 Å². The Morgan fingerprint density at radius 1 is 1.50 bits per heavy atom. The van der Waals surface area contributed by atoms with E-state index in [4.69, 9.17) is 5.11 Å². The predicted molar refractivity (Wildman–Crippen MR) is 66.8 cm³/mol. The SMILES string of the molecule is Cc1cc(C)n2ncc(C(=O)NCC(O)C(F)F)c2n1. The Bertz CT molecular complexity index is 642. The average Bonchev–Trinajstić information content (AvgIpc) is 2.79. The smallest absolute Gasteiger partial charge is 0.265 e. The minimum absolute atomic E-state index is 0.179. The number of alkyl halides is 2. The van der Waals surface area contributed by atoms with E-state index in [9.17, 15) is 13.6 Å². The molecule has 1 atom stereocenters.